The lowest BCUT2D eigenvalue weighted by Crippen LogP contribution is -2.38. The Morgan fingerprint density at radius 1 is 1.11 bits per heavy atom. The Labute approximate surface area is 163 Å². The van der Waals surface area contributed by atoms with Crippen LogP contribution in [0.4, 0.5) is 0 Å². The van der Waals surface area contributed by atoms with E-state index in [0.717, 1.165) is 22.3 Å². The van der Waals surface area contributed by atoms with Gasteiger partial charge in [0.2, 0.25) is 10.0 Å². The van der Waals surface area contributed by atoms with Crippen molar-refractivity contribution in [3.8, 4) is 11.8 Å². The van der Waals surface area contributed by atoms with E-state index in [4.69, 9.17) is 0 Å². The summed E-state index contributed by atoms with van der Waals surface area (Å²) in [5.74, 6) is 6.02. The molecule has 0 bridgehead atoms. The average molecular weight is 380 g/mol. The summed E-state index contributed by atoms with van der Waals surface area (Å²) in [6.45, 7) is 11.1. The third-order valence-electron chi connectivity index (χ3n) is 4.23. The van der Waals surface area contributed by atoms with E-state index >= 15 is 0 Å². The lowest BCUT2D eigenvalue weighted by molar-refractivity contribution is 0.412. The molecule has 0 spiro atoms. The molecular formula is C23H25NO2S. The molecule has 4 heteroatoms. The Hall–Kier alpha value is -2.57. The Bertz CT molecular complexity index is 998. The predicted molar refractivity (Wildman–Crippen MR) is 111 cm³/mol. The standard InChI is InChI=1S/C23H25NO2S/c1-6-11-21(5)24(15-10-14-22-12-8-7-9-13-22)27(25,26)23-19(3)16-18(2)17-20(23)4/h7-9,11-13,16-17,21H,1,15H2,2-5H3/t21-/m0/s1. The first-order chi connectivity index (χ1) is 12.8. The van der Waals surface area contributed by atoms with Crippen molar-refractivity contribution in [1.29, 1.82) is 0 Å². The van der Waals surface area contributed by atoms with E-state index in [1.54, 1.807) is 13.0 Å². The minimum atomic E-state index is -3.72. The molecule has 0 radical (unpaired) electrons. The Morgan fingerprint density at radius 2 is 1.70 bits per heavy atom. The first kappa shape index (κ1) is 20.7. The lowest BCUT2D eigenvalue weighted by atomic mass is 10.1. The highest BCUT2D eigenvalue weighted by Crippen LogP contribution is 2.26. The monoisotopic (exact) mass is 379 g/mol. The normalized spacial score (nSPS) is 12.0. The van der Waals surface area contributed by atoms with E-state index in [1.807, 2.05) is 63.2 Å². The summed E-state index contributed by atoms with van der Waals surface area (Å²) >= 11 is 0. The second-order valence-corrected chi connectivity index (χ2v) is 8.38. The number of nitrogens with zero attached hydrogens (tertiary/aromatic N) is 1. The van der Waals surface area contributed by atoms with Crippen LogP contribution >= 0.6 is 0 Å². The maximum Gasteiger partial charge on any atom is 0.245 e. The maximum atomic E-state index is 13.4. The van der Waals surface area contributed by atoms with E-state index in [2.05, 4.69) is 24.2 Å². The molecule has 0 fully saturated rings. The number of hydrogen-bond donors (Lipinski definition) is 0. The highest BCUT2D eigenvalue weighted by molar-refractivity contribution is 7.89. The number of rotatable bonds is 5. The van der Waals surface area contributed by atoms with Crippen LogP contribution in [0.5, 0.6) is 0 Å². The summed E-state index contributed by atoms with van der Waals surface area (Å²) in [5.41, 5.74) is 6.06. The molecule has 2 aromatic rings. The minimum absolute atomic E-state index is 0.0866. The lowest BCUT2D eigenvalue weighted by Gasteiger charge is -2.26. The smallest absolute Gasteiger partial charge is 0.207 e. The number of aryl methyl sites for hydroxylation is 3. The molecule has 140 valence electrons. The molecule has 2 rings (SSSR count). The second-order valence-electron chi connectivity index (χ2n) is 6.56. The number of sulfonamides is 1. The zero-order valence-corrected chi connectivity index (χ0v) is 17.1. The first-order valence-corrected chi connectivity index (χ1v) is 10.2. The van der Waals surface area contributed by atoms with Crippen LogP contribution in [0.15, 0.2) is 65.7 Å². The summed E-state index contributed by atoms with van der Waals surface area (Å²) in [5, 5.41) is 0. The second kappa shape index (κ2) is 8.88. The molecule has 0 N–H and O–H groups in total. The minimum Gasteiger partial charge on any atom is -0.207 e. The summed E-state index contributed by atoms with van der Waals surface area (Å²) < 4.78 is 28.3. The van der Waals surface area contributed by atoms with Gasteiger partial charge in [-0.25, -0.2) is 8.42 Å². The third kappa shape index (κ3) is 4.99. The Balaban J connectivity index is 2.48. The molecule has 2 aromatic carbocycles. The molecule has 27 heavy (non-hydrogen) atoms. The van der Waals surface area contributed by atoms with E-state index in [9.17, 15) is 8.42 Å². The summed E-state index contributed by atoms with van der Waals surface area (Å²) in [6, 6.07) is 12.9. The fraction of sp³-hybridized carbons (Fsp3) is 0.261. The van der Waals surface area contributed by atoms with Crippen molar-refractivity contribution in [2.24, 2.45) is 0 Å². The fourth-order valence-electron chi connectivity index (χ4n) is 3.13. The van der Waals surface area contributed by atoms with Gasteiger partial charge in [0.25, 0.3) is 0 Å². The van der Waals surface area contributed by atoms with Crippen LogP contribution in [0.2, 0.25) is 0 Å². The van der Waals surface area contributed by atoms with Gasteiger partial charge >= 0.3 is 0 Å². The van der Waals surface area contributed by atoms with Crippen LogP contribution in [-0.2, 0) is 10.0 Å². The van der Waals surface area contributed by atoms with Crippen LogP contribution in [-0.4, -0.2) is 25.3 Å². The van der Waals surface area contributed by atoms with Crippen molar-refractivity contribution in [1.82, 2.24) is 4.31 Å². The van der Waals surface area contributed by atoms with Crippen LogP contribution in [0.3, 0.4) is 0 Å². The van der Waals surface area contributed by atoms with Crippen molar-refractivity contribution >= 4 is 10.0 Å². The molecule has 0 aliphatic heterocycles. The van der Waals surface area contributed by atoms with Gasteiger partial charge < -0.3 is 0 Å². The zero-order chi connectivity index (χ0) is 20.0. The molecule has 3 nitrogen and oxygen atoms in total. The summed E-state index contributed by atoms with van der Waals surface area (Å²) in [7, 11) is -3.72. The van der Waals surface area contributed by atoms with Crippen molar-refractivity contribution in [2.45, 2.75) is 38.6 Å². The van der Waals surface area contributed by atoms with Gasteiger partial charge in [-0.3, -0.25) is 0 Å². The van der Waals surface area contributed by atoms with Crippen LogP contribution in [0.1, 0.15) is 29.2 Å². The van der Waals surface area contributed by atoms with Gasteiger partial charge in [-0.1, -0.05) is 54.3 Å². The average Bonchev–Trinajstić information content (AvgIpc) is 2.58. The zero-order valence-electron chi connectivity index (χ0n) is 16.3. The summed E-state index contributed by atoms with van der Waals surface area (Å²) in [4.78, 5) is 0.346. The molecular weight excluding hydrogens is 354 g/mol. The van der Waals surface area contributed by atoms with Crippen LogP contribution in [0, 0.1) is 32.6 Å². The summed E-state index contributed by atoms with van der Waals surface area (Å²) in [6.07, 6.45) is 1.64. The van der Waals surface area contributed by atoms with Crippen molar-refractivity contribution in [3.63, 3.8) is 0 Å². The van der Waals surface area contributed by atoms with Gasteiger partial charge in [0.05, 0.1) is 11.4 Å². The highest BCUT2D eigenvalue weighted by atomic mass is 32.2. The Kier molecular flexibility index (Phi) is 6.82. The van der Waals surface area contributed by atoms with Gasteiger partial charge in [0.1, 0.15) is 0 Å². The molecule has 1 atom stereocenters. The molecule has 0 aliphatic rings. The number of benzene rings is 2. The van der Waals surface area contributed by atoms with E-state index in [-0.39, 0.29) is 6.54 Å². The molecule has 0 saturated heterocycles. The molecule has 0 aromatic heterocycles. The van der Waals surface area contributed by atoms with Gasteiger partial charge in [-0.2, -0.15) is 4.31 Å². The Morgan fingerprint density at radius 3 is 2.26 bits per heavy atom. The SMILES string of the molecule is C=C=C[C@H](C)N(CC#Cc1ccccc1)S(=O)(=O)c1c(C)cc(C)cc1C. The molecule has 0 saturated carbocycles. The maximum absolute atomic E-state index is 13.4. The third-order valence-corrected chi connectivity index (χ3v) is 6.47. The highest BCUT2D eigenvalue weighted by Gasteiger charge is 2.30. The van der Waals surface area contributed by atoms with E-state index in [1.165, 1.54) is 4.31 Å². The topological polar surface area (TPSA) is 37.4 Å². The molecule has 0 unspecified atom stereocenters. The molecule has 0 amide bonds. The van der Waals surface area contributed by atoms with Gasteiger partial charge in [0, 0.05) is 11.6 Å². The first-order valence-electron chi connectivity index (χ1n) is 8.77. The van der Waals surface area contributed by atoms with Crippen molar-refractivity contribution in [3.05, 3.63) is 83.1 Å². The van der Waals surface area contributed by atoms with E-state index in [0.29, 0.717) is 4.90 Å². The van der Waals surface area contributed by atoms with Crippen LogP contribution in [0.25, 0.3) is 0 Å². The van der Waals surface area contributed by atoms with E-state index < -0.39 is 16.1 Å². The van der Waals surface area contributed by atoms with Gasteiger partial charge in [-0.15, -0.1) is 5.73 Å². The largest absolute Gasteiger partial charge is 0.245 e. The van der Waals surface area contributed by atoms with Gasteiger partial charge in [-0.05, 0) is 57.0 Å². The van der Waals surface area contributed by atoms with Crippen molar-refractivity contribution < 1.29 is 8.42 Å². The van der Waals surface area contributed by atoms with Crippen LogP contribution < -0.4 is 0 Å². The molecule has 0 heterocycles. The predicted octanol–water partition coefficient (Wildman–Crippen LogP) is 4.38. The quantitative estimate of drug-likeness (QED) is 0.571. The van der Waals surface area contributed by atoms with Gasteiger partial charge in [0.15, 0.2) is 0 Å². The molecule has 0 aliphatic carbocycles. The van der Waals surface area contributed by atoms with Crippen molar-refractivity contribution in [2.75, 3.05) is 6.54 Å². The number of hydrogen-bond acceptors (Lipinski definition) is 2. The fourth-order valence-corrected chi connectivity index (χ4v) is 5.03.